The van der Waals surface area contributed by atoms with E-state index >= 15 is 0 Å². The van der Waals surface area contributed by atoms with Crippen LogP contribution in [0.25, 0.3) is 0 Å². The number of halogens is 3. The molecule has 1 aliphatic rings. The third-order valence-electron chi connectivity index (χ3n) is 4.40. The van der Waals surface area contributed by atoms with Gasteiger partial charge in [-0.2, -0.15) is 18.3 Å². The fourth-order valence-electron chi connectivity index (χ4n) is 3.10. The van der Waals surface area contributed by atoms with Crippen LogP contribution in [0.5, 0.6) is 0 Å². The maximum atomic E-state index is 12.6. The molecule has 1 saturated heterocycles. The van der Waals surface area contributed by atoms with Crippen LogP contribution in [-0.4, -0.2) is 56.8 Å². The van der Waals surface area contributed by atoms with E-state index in [1.807, 2.05) is 11.8 Å². The van der Waals surface area contributed by atoms with Crippen LogP contribution in [0.15, 0.2) is 24.5 Å². The zero-order valence-corrected chi connectivity index (χ0v) is 14.0. The lowest BCUT2D eigenvalue weighted by Gasteiger charge is -2.40. The fourth-order valence-corrected chi connectivity index (χ4v) is 3.10. The molecule has 0 amide bonds. The standard InChI is InChI=1S/C16H18F3N5O2/c1-10-8-23(9-11-6-21-22-14(11)15(25)26)4-5-24(10)13-3-2-12(7-20-13)16(17,18)19/h2-3,6-7,10H,4-5,8-9H2,1H3,(H,21,22)(H,25,26). The highest BCUT2D eigenvalue weighted by atomic mass is 19.4. The van der Waals surface area contributed by atoms with Gasteiger partial charge in [0, 0.05) is 50.2 Å². The van der Waals surface area contributed by atoms with Crippen LogP contribution >= 0.6 is 0 Å². The Balaban J connectivity index is 1.65. The normalized spacial score (nSPS) is 18.9. The van der Waals surface area contributed by atoms with Crippen LogP contribution in [0, 0.1) is 0 Å². The first-order chi connectivity index (χ1) is 12.3. The smallest absolute Gasteiger partial charge is 0.417 e. The van der Waals surface area contributed by atoms with Gasteiger partial charge in [0.2, 0.25) is 0 Å². The molecule has 1 atom stereocenters. The Hall–Kier alpha value is -2.62. The van der Waals surface area contributed by atoms with Crippen molar-refractivity contribution in [1.29, 1.82) is 0 Å². The van der Waals surface area contributed by atoms with E-state index in [1.165, 1.54) is 6.07 Å². The van der Waals surface area contributed by atoms with Crippen molar-refractivity contribution in [2.24, 2.45) is 0 Å². The number of aromatic nitrogens is 3. The number of anilines is 1. The molecule has 3 heterocycles. The summed E-state index contributed by atoms with van der Waals surface area (Å²) in [5, 5.41) is 15.4. The van der Waals surface area contributed by atoms with Crippen molar-refractivity contribution < 1.29 is 23.1 Å². The Bertz CT molecular complexity index is 775. The lowest BCUT2D eigenvalue weighted by molar-refractivity contribution is -0.137. The summed E-state index contributed by atoms with van der Waals surface area (Å²) in [6.45, 7) is 4.25. The van der Waals surface area contributed by atoms with Gasteiger partial charge in [0.1, 0.15) is 5.82 Å². The van der Waals surface area contributed by atoms with E-state index in [9.17, 15) is 18.0 Å². The van der Waals surface area contributed by atoms with Gasteiger partial charge in [0.15, 0.2) is 5.69 Å². The van der Waals surface area contributed by atoms with Gasteiger partial charge in [-0.15, -0.1) is 0 Å². The second kappa shape index (κ2) is 6.94. The number of carboxylic acids is 1. The minimum Gasteiger partial charge on any atom is -0.476 e. The molecule has 2 aromatic rings. The van der Waals surface area contributed by atoms with Gasteiger partial charge in [-0.1, -0.05) is 0 Å². The maximum absolute atomic E-state index is 12.6. The molecule has 2 N–H and O–H groups in total. The Labute approximate surface area is 147 Å². The van der Waals surface area contributed by atoms with Crippen molar-refractivity contribution in [3.05, 3.63) is 41.3 Å². The van der Waals surface area contributed by atoms with Gasteiger partial charge in [-0.3, -0.25) is 10.00 Å². The highest BCUT2D eigenvalue weighted by Crippen LogP contribution is 2.30. The van der Waals surface area contributed by atoms with Gasteiger partial charge in [-0.05, 0) is 19.1 Å². The summed E-state index contributed by atoms with van der Waals surface area (Å²) < 4.78 is 37.9. The number of pyridine rings is 1. The molecule has 3 rings (SSSR count). The molecule has 0 spiro atoms. The summed E-state index contributed by atoms with van der Waals surface area (Å²) in [5.74, 6) is -0.582. The highest BCUT2D eigenvalue weighted by Gasteiger charge is 2.32. The maximum Gasteiger partial charge on any atom is 0.417 e. The fraction of sp³-hybridized carbons (Fsp3) is 0.438. The third kappa shape index (κ3) is 3.79. The van der Waals surface area contributed by atoms with Gasteiger partial charge in [-0.25, -0.2) is 9.78 Å². The van der Waals surface area contributed by atoms with E-state index in [4.69, 9.17) is 5.11 Å². The van der Waals surface area contributed by atoms with Gasteiger partial charge in [0.25, 0.3) is 0 Å². The van der Waals surface area contributed by atoms with Crippen molar-refractivity contribution in [3.8, 4) is 0 Å². The molecule has 1 unspecified atom stereocenters. The Morgan fingerprint density at radius 2 is 2.15 bits per heavy atom. The van der Waals surface area contributed by atoms with E-state index in [0.717, 1.165) is 12.3 Å². The van der Waals surface area contributed by atoms with Crippen molar-refractivity contribution in [3.63, 3.8) is 0 Å². The number of hydrogen-bond acceptors (Lipinski definition) is 5. The molecule has 0 saturated carbocycles. The zero-order valence-electron chi connectivity index (χ0n) is 14.0. The van der Waals surface area contributed by atoms with Crippen LogP contribution in [0.2, 0.25) is 0 Å². The van der Waals surface area contributed by atoms with E-state index in [-0.39, 0.29) is 11.7 Å². The Morgan fingerprint density at radius 3 is 2.73 bits per heavy atom. The molecule has 0 aromatic carbocycles. The monoisotopic (exact) mass is 369 g/mol. The predicted molar refractivity (Wildman–Crippen MR) is 86.9 cm³/mol. The summed E-state index contributed by atoms with van der Waals surface area (Å²) in [4.78, 5) is 19.1. The van der Waals surface area contributed by atoms with E-state index in [2.05, 4.69) is 20.1 Å². The molecule has 0 radical (unpaired) electrons. The molecule has 140 valence electrons. The van der Waals surface area contributed by atoms with Crippen LogP contribution in [0.3, 0.4) is 0 Å². The topological polar surface area (TPSA) is 85.3 Å². The van der Waals surface area contributed by atoms with E-state index in [0.29, 0.717) is 37.6 Å². The van der Waals surface area contributed by atoms with Crippen molar-refractivity contribution in [2.45, 2.75) is 25.7 Å². The SMILES string of the molecule is CC1CN(Cc2c[nH]nc2C(=O)O)CCN1c1ccc(C(F)(F)F)cn1. The van der Waals surface area contributed by atoms with Crippen molar-refractivity contribution in [2.75, 3.05) is 24.5 Å². The quantitative estimate of drug-likeness (QED) is 0.860. The van der Waals surface area contributed by atoms with Crippen LogP contribution in [0.4, 0.5) is 19.0 Å². The van der Waals surface area contributed by atoms with Crippen molar-refractivity contribution in [1.82, 2.24) is 20.1 Å². The lowest BCUT2D eigenvalue weighted by Crippen LogP contribution is -2.52. The first-order valence-electron chi connectivity index (χ1n) is 8.04. The van der Waals surface area contributed by atoms with Gasteiger partial charge >= 0.3 is 12.1 Å². The molecule has 1 fully saturated rings. The average molecular weight is 369 g/mol. The molecule has 0 aliphatic carbocycles. The summed E-state index contributed by atoms with van der Waals surface area (Å²) in [6.07, 6.45) is -1.99. The number of alkyl halides is 3. The number of aromatic amines is 1. The Kier molecular flexibility index (Phi) is 4.86. The number of piperazine rings is 1. The molecule has 26 heavy (non-hydrogen) atoms. The summed E-state index contributed by atoms with van der Waals surface area (Å²) in [5.41, 5.74) is -0.163. The number of carboxylic acid groups (broad SMARTS) is 1. The number of aromatic carboxylic acids is 1. The van der Waals surface area contributed by atoms with E-state index in [1.54, 1.807) is 6.20 Å². The number of nitrogens with zero attached hydrogens (tertiary/aromatic N) is 4. The largest absolute Gasteiger partial charge is 0.476 e. The number of carbonyl (C=O) groups is 1. The third-order valence-corrected chi connectivity index (χ3v) is 4.40. The lowest BCUT2D eigenvalue weighted by atomic mass is 10.1. The van der Waals surface area contributed by atoms with Gasteiger partial charge < -0.3 is 10.0 Å². The van der Waals surface area contributed by atoms with Crippen molar-refractivity contribution >= 4 is 11.8 Å². The number of hydrogen-bond donors (Lipinski definition) is 2. The molecular formula is C16H18F3N5O2. The number of H-pyrrole nitrogens is 1. The summed E-state index contributed by atoms with van der Waals surface area (Å²) in [7, 11) is 0. The van der Waals surface area contributed by atoms with E-state index < -0.39 is 17.7 Å². The minimum atomic E-state index is -4.40. The average Bonchev–Trinajstić information content (AvgIpc) is 3.03. The van der Waals surface area contributed by atoms with Crippen LogP contribution in [0.1, 0.15) is 28.5 Å². The van der Waals surface area contributed by atoms with Crippen LogP contribution in [-0.2, 0) is 12.7 Å². The first kappa shape index (κ1) is 18.2. The zero-order chi connectivity index (χ0) is 18.9. The summed E-state index contributed by atoms with van der Waals surface area (Å²) >= 11 is 0. The molecule has 7 nitrogen and oxygen atoms in total. The molecular weight excluding hydrogens is 351 g/mol. The predicted octanol–water partition coefficient (Wildman–Crippen LogP) is 2.23. The molecule has 10 heteroatoms. The number of nitrogens with one attached hydrogen (secondary N) is 1. The molecule has 2 aromatic heterocycles. The molecule has 1 aliphatic heterocycles. The second-order valence-corrected chi connectivity index (χ2v) is 6.24. The first-order valence-corrected chi connectivity index (χ1v) is 8.04. The minimum absolute atomic E-state index is 0.00416. The number of rotatable bonds is 4. The Morgan fingerprint density at radius 1 is 1.38 bits per heavy atom. The van der Waals surface area contributed by atoms with Gasteiger partial charge in [0.05, 0.1) is 5.56 Å². The summed E-state index contributed by atoms with van der Waals surface area (Å²) in [6, 6.07) is 2.44. The highest BCUT2D eigenvalue weighted by molar-refractivity contribution is 5.86. The second-order valence-electron chi connectivity index (χ2n) is 6.24. The van der Waals surface area contributed by atoms with Crippen LogP contribution < -0.4 is 4.90 Å². The molecule has 0 bridgehead atoms.